The van der Waals surface area contributed by atoms with Gasteiger partial charge in [0, 0.05) is 0 Å². The summed E-state index contributed by atoms with van der Waals surface area (Å²) < 4.78 is 8.40. The molecule has 4 rings (SSSR count). The van der Waals surface area contributed by atoms with Crippen LogP contribution in [0.2, 0.25) is 0 Å². The van der Waals surface area contributed by atoms with Gasteiger partial charge < -0.3 is 5.11 Å². The lowest BCUT2D eigenvalue weighted by Crippen LogP contribution is -2.44. The molecule has 0 saturated heterocycles. The molecule has 3 aliphatic carbocycles. The summed E-state index contributed by atoms with van der Waals surface area (Å²) in [5, 5.41) is 10.4. The quantitative estimate of drug-likeness (QED) is 0.749. The lowest BCUT2D eigenvalue weighted by Gasteiger charge is -2.50. The van der Waals surface area contributed by atoms with Crippen LogP contribution < -0.4 is 0 Å². The Labute approximate surface area is 123 Å². The fourth-order valence-electron chi connectivity index (χ4n) is 5.65. The Morgan fingerprint density at radius 1 is 1.30 bits per heavy atom. The Morgan fingerprint density at radius 3 is 3.00 bits per heavy atom. The van der Waals surface area contributed by atoms with Crippen LogP contribution in [0.3, 0.4) is 0 Å². The van der Waals surface area contributed by atoms with Gasteiger partial charge >= 0.3 is 0 Å². The Bertz CT molecular complexity index is 581. The summed E-state index contributed by atoms with van der Waals surface area (Å²) in [5.74, 6) is 1.93. The van der Waals surface area contributed by atoms with Crippen LogP contribution in [0, 0.1) is 24.2 Å². The summed E-state index contributed by atoms with van der Waals surface area (Å²) in [6.07, 6.45) is 6.76. The van der Waals surface area contributed by atoms with E-state index in [4.69, 9.17) is 1.37 Å². The number of aliphatic hydroxyl groups excluding tert-OH is 1. The second-order valence-electron chi connectivity index (χ2n) is 7.61. The number of hydrogen-bond donors (Lipinski definition) is 1. The molecule has 1 N–H and O–H groups in total. The zero-order chi connectivity index (χ0) is 14.8. The van der Waals surface area contributed by atoms with Crippen molar-refractivity contribution in [3.05, 3.63) is 34.9 Å². The van der Waals surface area contributed by atoms with E-state index in [1.165, 1.54) is 29.5 Å². The topological polar surface area (TPSA) is 20.2 Å². The first-order chi connectivity index (χ1) is 10.0. The molecule has 20 heavy (non-hydrogen) atoms. The van der Waals surface area contributed by atoms with E-state index in [0.29, 0.717) is 17.8 Å². The van der Waals surface area contributed by atoms with Gasteiger partial charge in [-0.3, -0.25) is 0 Å². The molecular weight excluding hydrogens is 244 g/mol. The minimum absolute atomic E-state index is 0.0992. The molecule has 0 aromatic heterocycles. The van der Waals surface area contributed by atoms with Crippen molar-refractivity contribution < 1.29 is 6.48 Å². The van der Waals surface area contributed by atoms with Gasteiger partial charge in [-0.25, -0.2) is 0 Å². The van der Waals surface area contributed by atoms with Crippen molar-refractivity contribution in [1.82, 2.24) is 0 Å². The average Bonchev–Trinajstić information content (AvgIpc) is 2.78. The standard InChI is InChI=1S/C19H26O/c1-12-4-3-5-14-13(12)6-7-16-15(14)10-11-19(2)17(16)8-9-18(19)20/h3-5,15-18,20H,6-11H2,1-2H3/t15-,16-,17+,18+,19+/m1/s1/i5D. The van der Waals surface area contributed by atoms with Crippen molar-refractivity contribution in [2.75, 3.05) is 0 Å². The monoisotopic (exact) mass is 271 g/mol. The first kappa shape index (κ1) is 11.8. The molecule has 2 fully saturated rings. The minimum Gasteiger partial charge on any atom is -0.393 e. The van der Waals surface area contributed by atoms with Gasteiger partial charge in [-0.1, -0.05) is 25.1 Å². The largest absolute Gasteiger partial charge is 0.393 e. The molecule has 1 nitrogen and oxygen atoms in total. The van der Waals surface area contributed by atoms with Crippen LogP contribution in [-0.2, 0) is 6.42 Å². The van der Waals surface area contributed by atoms with Gasteiger partial charge in [0.2, 0.25) is 0 Å². The SMILES string of the molecule is [2H]c1ccc(C)c2c1[C@H]1CC[C@]3(C)[C@@H](O)CC[C@H]3[C@@H]1CC2. The van der Waals surface area contributed by atoms with Crippen molar-refractivity contribution in [2.45, 2.75) is 64.4 Å². The van der Waals surface area contributed by atoms with Crippen LogP contribution in [0.25, 0.3) is 0 Å². The number of fused-ring (bicyclic) bond motifs is 5. The lowest BCUT2D eigenvalue weighted by atomic mass is 9.55. The average molecular weight is 271 g/mol. The molecule has 0 aliphatic heterocycles. The number of aryl methyl sites for hydroxylation is 1. The summed E-state index contributed by atoms with van der Waals surface area (Å²) in [4.78, 5) is 0. The van der Waals surface area contributed by atoms with E-state index in [1.807, 2.05) is 6.07 Å². The van der Waals surface area contributed by atoms with Crippen molar-refractivity contribution >= 4 is 0 Å². The number of aliphatic hydroxyl groups is 1. The molecular formula is C19H26O. The molecule has 5 atom stereocenters. The van der Waals surface area contributed by atoms with Crippen molar-refractivity contribution in [1.29, 1.82) is 0 Å². The van der Waals surface area contributed by atoms with Gasteiger partial charge in [-0.15, -0.1) is 0 Å². The zero-order valence-electron chi connectivity index (χ0n) is 13.7. The third-order valence-corrected chi connectivity index (χ3v) is 6.86. The Balaban J connectivity index is 1.77. The van der Waals surface area contributed by atoms with Crippen LogP contribution in [-0.4, -0.2) is 11.2 Å². The second kappa shape index (κ2) is 4.34. The molecule has 0 heterocycles. The molecule has 0 bridgehead atoms. The molecule has 1 aromatic rings. The van der Waals surface area contributed by atoms with Gasteiger partial charge in [0.25, 0.3) is 0 Å². The van der Waals surface area contributed by atoms with E-state index in [2.05, 4.69) is 19.9 Å². The first-order valence-electron chi connectivity index (χ1n) is 8.79. The summed E-state index contributed by atoms with van der Waals surface area (Å²) in [7, 11) is 0. The molecule has 0 amide bonds. The van der Waals surface area contributed by atoms with Gasteiger partial charge in [0.1, 0.15) is 0 Å². The van der Waals surface area contributed by atoms with Crippen LogP contribution in [0.5, 0.6) is 0 Å². The van der Waals surface area contributed by atoms with E-state index >= 15 is 0 Å². The first-order valence-corrected chi connectivity index (χ1v) is 8.29. The fraction of sp³-hybridized carbons (Fsp3) is 0.684. The summed E-state index contributed by atoms with van der Waals surface area (Å²) >= 11 is 0. The number of hydrogen-bond acceptors (Lipinski definition) is 1. The van der Waals surface area contributed by atoms with Crippen molar-refractivity contribution in [3.63, 3.8) is 0 Å². The highest BCUT2D eigenvalue weighted by Crippen LogP contribution is 2.60. The van der Waals surface area contributed by atoms with Gasteiger partial charge in [0.05, 0.1) is 7.47 Å². The summed E-state index contributed by atoms with van der Waals surface area (Å²) in [5.41, 5.74) is 4.34. The molecule has 0 unspecified atom stereocenters. The van der Waals surface area contributed by atoms with Crippen LogP contribution in [0.15, 0.2) is 18.2 Å². The summed E-state index contributed by atoms with van der Waals surface area (Å²) in [6, 6.07) is 4.87. The number of rotatable bonds is 0. The Hall–Kier alpha value is -0.820. The third-order valence-electron chi connectivity index (χ3n) is 6.86. The maximum atomic E-state index is 10.4. The maximum Gasteiger partial charge on any atom is 0.0626 e. The molecule has 108 valence electrons. The smallest absolute Gasteiger partial charge is 0.0626 e. The molecule has 0 radical (unpaired) electrons. The zero-order valence-corrected chi connectivity index (χ0v) is 12.7. The highest BCUT2D eigenvalue weighted by Gasteiger charge is 2.54. The van der Waals surface area contributed by atoms with Crippen molar-refractivity contribution in [3.8, 4) is 0 Å². The normalized spacial score (nSPS) is 43.5. The van der Waals surface area contributed by atoms with Crippen LogP contribution in [0.4, 0.5) is 0 Å². The van der Waals surface area contributed by atoms with E-state index in [0.717, 1.165) is 31.7 Å². The Morgan fingerprint density at radius 2 is 2.15 bits per heavy atom. The third kappa shape index (κ3) is 1.59. The summed E-state index contributed by atoms with van der Waals surface area (Å²) in [6.45, 7) is 4.52. The number of benzene rings is 1. The predicted octanol–water partition coefficient (Wildman–Crippen LogP) is 4.21. The molecule has 2 saturated carbocycles. The van der Waals surface area contributed by atoms with Gasteiger partial charge in [-0.05, 0) is 85.3 Å². The van der Waals surface area contributed by atoms with Crippen LogP contribution >= 0.6 is 0 Å². The molecule has 1 heteroatoms. The second-order valence-corrected chi connectivity index (χ2v) is 7.61. The van der Waals surface area contributed by atoms with E-state index in [1.54, 1.807) is 0 Å². The predicted molar refractivity (Wildman–Crippen MR) is 81.8 cm³/mol. The Kier molecular flexibility index (Phi) is 2.56. The maximum absolute atomic E-state index is 10.4. The molecule has 1 aromatic carbocycles. The van der Waals surface area contributed by atoms with Gasteiger partial charge in [-0.2, -0.15) is 0 Å². The van der Waals surface area contributed by atoms with Crippen molar-refractivity contribution in [2.24, 2.45) is 17.3 Å². The highest BCUT2D eigenvalue weighted by atomic mass is 16.3. The van der Waals surface area contributed by atoms with E-state index in [9.17, 15) is 5.11 Å². The minimum atomic E-state index is -0.0992. The highest BCUT2D eigenvalue weighted by molar-refractivity contribution is 5.40. The van der Waals surface area contributed by atoms with E-state index < -0.39 is 0 Å². The van der Waals surface area contributed by atoms with Crippen LogP contribution in [0.1, 0.15) is 63.0 Å². The van der Waals surface area contributed by atoms with E-state index in [-0.39, 0.29) is 11.5 Å². The molecule has 3 aliphatic rings. The van der Waals surface area contributed by atoms with Gasteiger partial charge in [0.15, 0.2) is 0 Å². The fourth-order valence-corrected chi connectivity index (χ4v) is 5.65. The lowest BCUT2D eigenvalue weighted by molar-refractivity contribution is -0.0226. The molecule has 0 spiro atoms.